The van der Waals surface area contributed by atoms with Gasteiger partial charge in [-0.2, -0.15) is 0 Å². The zero-order valence-electron chi connectivity index (χ0n) is 7.54. The van der Waals surface area contributed by atoms with E-state index >= 15 is 0 Å². The number of hydrogen-bond donors (Lipinski definition) is 2. The molecule has 70 valence electrons. The molecule has 0 bridgehead atoms. The Morgan fingerprint density at radius 2 is 2.25 bits per heavy atom. The lowest BCUT2D eigenvalue weighted by molar-refractivity contribution is -0.143. The quantitative estimate of drug-likeness (QED) is 0.570. The van der Waals surface area contributed by atoms with E-state index < -0.39 is 0 Å². The van der Waals surface area contributed by atoms with Gasteiger partial charge in [0.1, 0.15) is 6.04 Å². The lowest BCUT2D eigenvalue weighted by atomic mass is 9.87. The van der Waals surface area contributed by atoms with Gasteiger partial charge in [0.15, 0.2) is 0 Å². The van der Waals surface area contributed by atoms with Crippen molar-refractivity contribution in [1.29, 1.82) is 0 Å². The molecule has 0 spiro atoms. The molecule has 1 atom stereocenters. The summed E-state index contributed by atoms with van der Waals surface area (Å²) in [7, 11) is 1.40. The minimum atomic E-state index is -0.215. The van der Waals surface area contributed by atoms with Crippen LogP contribution in [0.25, 0.3) is 0 Å². The summed E-state index contributed by atoms with van der Waals surface area (Å²) in [5, 5.41) is 3.14. The number of carbonyl (C=O) groups is 1. The first-order chi connectivity index (χ1) is 5.63. The molecule has 1 fully saturated rings. The maximum absolute atomic E-state index is 11.0. The Bertz CT molecular complexity index is 166. The van der Waals surface area contributed by atoms with Gasteiger partial charge < -0.3 is 15.8 Å². The Labute approximate surface area is 72.5 Å². The van der Waals surface area contributed by atoms with Crippen molar-refractivity contribution in [3.63, 3.8) is 0 Å². The average molecular weight is 172 g/mol. The smallest absolute Gasteiger partial charge is 0.322 e. The molecule has 0 aromatic carbocycles. The summed E-state index contributed by atoms with van der Waals surface area (Å²) in [6, 6.07) is 0.494. The largest absolute Gasteiger partial charge is 0.468 e. The van der Waals surface area contributed by atoms with E-state index in [1.165, 1.54) is 7.11 Å². The van der Waals surface area contributed by atoms with E-state index in [9.17, 15) is 4.79 Å². The standard InChI is InChI=1S/C8H16N2O2/c1-5(8(11)12-2)10-7-3-6(9)4-7/h5-7,10H,3-4,9H2,1-2H3. The molecule has 1 aliphatic carbocycles. The van der Waals surface area contributed by atoms with E-state index in [-0.39, 0.29) is 12.0 Å². The van der Waals surface area contributed by atoms with Gasteiger partial charge in [0.25, 0.3) is 0 Å². The lowest BCUT2D eigenvalue weighted by Gasteiger charge is -2.34. The first kappa shape index (κ1) is 9.48. The van der Waals surface area contributed by atoms with Crippen molar-refractivity contribution in [3.8, 4) is 0 Å². The first-order valence-electron chi connectivity index (χ1n) is 4.23. The van der Waals surface area contributed by atoms with Gasteiger partial charge in [0.05, 0.1) is 7.11 Å². The molecule has 0 heterocycles. The fourth-order valence-electron chi connectivity index (χ4n) is 1.40. The second-order valence-corrected chi connectivity index (χ2v) is 3.34. The maximum Gasteiger partial charge on any atom is 0.322 e. The third-order valence-electron chi connectivity index (χ3n) is 2.21. The Hall–Kier alpha value is -0.610. The van der Waals surface area contributed by atoms with Crippen LogP contribution in [0.5, 0.6) is 0 Å². The van der Waals surface area contributed by atoms with Crippen LogP contribution < -0.4 is 11.1 Å². The van der Waals surface area contributed by atoms with Crippen LogP contribution in [0.4, 0.5) is 0 Å². The van der Waals surface area contributed by atoms with Crippen molar-refractivity contribution in [1.82, 2.24) is 5.32 Å². The number of nitrogens with one attached hydrogen (secondary N) is 1. The van der Waals surface area contributed by atoms with Gasteiger partial charge >= 0.3 is 5.97 Å². The van der Waals surface area contributed by atoms with E-state index in [4.69, 9.17) is 5.73 Å². The van der Waals surface area contributed by atoms with Gasteiger partial charge in [0.2, 0.25) is 0 Å². The van der Waals surface area contributed by atoms with Crippen molar-refractivity contribution in [2.45, 2.75) is 37.9 Å². The lowest BCUT2D eigenvalue weighted by Crippen LogP contribution is -2.52. The molecule has 4 nitrogen and oxygen atoms in total. The van der Waals surface area contributed by atoms with Gasteiger partial charge in [-0.3, -0.25) is 4.79 Å². The van der Waals surface area contributed by atoms with Gasteiger partial charge in [-0.25, -0.2) is 0 Å². The van der Waals surface area contributed by atoms with Gasteiger partial charge in [0, 0.05) is 12.1 Å². The molecule has 0 aliphatic heterocycles. The molecule has 1 unspecified atom stereocenters. The molecule has 1 aliphatic rings. The number of esters is 1. The number of methoxy groups -OCH3 is 1. The topological polar surface area (TPSA) is 64.3 Å². The summed E-state index contributed by atoms with van der Waals surface area (Å²) in [5.41, 5.74) is 5.60. The zero-order chi connectivity index (χ0) is 9.14. The van der Waals surface area contributed by atoms with Crippen LogP contribution in [0, 0.1) is 0 Å². The summed E-state index contributed by atoms with van der Waals surface area (Å²) < 4.78 is 4.58. The van der Waals surface area contributed by atoms with Crippen LogP contribution in [-0.4, -0.2) is 31.2 Å². The van der Waals surface area contributed by atoms with E-state index in [0.29, 0.717) is 12.1 Å². The Morgan fingerprint density at radius 3 is 2.67 bits per heavy atom. The molecule has 0 aromatic heterocycles. The van der Waals surface area contributed by atoms with Crippen LogP contribution in [0.1, 0.15) is 19.8 Å². The van der Waals surface area contributed by atoms with Crippen molar-refractivity contribution in [3.05, 3.63) is 0 Å². The molecule has 4 heteroatoms. The third kappa shape index (κ3) is 2.19. The van der Waals surface area contributed by atoms with E-state index in [1.807, 2.05) is 0 Å². The molecule has 0 amide bonds. The minimum Gasteiger partial charge on any atom is -0.468 e. The van der Waals surface area contributed by atoms with Crippen molar-refractivity contribution in [2.24, 2.45) is 5.73 Å². The monoisotopic (exact) mass is 172 g/mol. The summed E-state index contributed by atoms with van der Waals surface area (Å²) in [6.07, 6.45) is 1.92. The molecule has 1 saturated carbocycles. The summed E-state index contributed by atoms with van der Waals surface area (Å²) in [6.45, 7) is 1.80. The molecule has 1 rings (SSSR count). The molecule has 3 N–H and O–H groups in total. The number of ether oxygens (including phenoxy) is 1. The Morgan fingerprint density at radius 1 is 1.67 bits per heavy atom. The molecule has 0 radical (unpaired) electrons. The van der Waals surface area contributed by atoms with Crippen LogP contribution in [-0.2, 0) is 9.53 Å². The average Bonchev–Trinajstić information content (AvgIpc) is 2.00. The Balaban J connectivity index is 2.18. The highest BCUT2D eigenvalue weighted by atomic mass is 16.5. The molecule has 0 aromatic rings. The SMILES string of the molecule is COC(=O)C(C)NC1CC(N)C1. The van der Waals surface area contributed by atoms with Gasteiger partial charge in [-0.05, 0) is 19.8 Å². The molecule has 12 heavy (non-hydrogen) atoms. The number of nitrogens with two attached hydrogens (primary N) is 1. The van der Waals surface area contributed by atoms with Crippen molar-refractivity contribution >= 4 is 5.97 Å². The predicted molar refractivity (Wildman–Crippen MR) is 45.6 cm³/mol. The van der Waals surface area contributed by atoms with Crippen LogP contribution >= 0.6 is 0 Å². The van der Waals surface area contributed by atoms with Crippen LogP contribution in [0.3, 0.4) is 0 Å². The second kappa shape index (κ2) is 3.87. The van der Waals surface area contributed by atoms with Crippen LogP contribution in [0.15, 0.2) is 0 Å². The molecule has 0 saturated heterocycles. The highest BCUT2D eigenvalue weighted by Gasteiger charge is 2.28. The molecular formula is C8H16N2O2. The van der Waals surface area contributed by atoms with Gasteiger partial charge in [-0.15, -0.1) is 0 Å². The fourth-order valence-corrected chi connectivity index (χ4v) is 1.40. The first-order valence-corrected chi connectivity index (χ1v) is 4.23. The second-order valence-electron chi connectivity index (χ2n) is 3.34. The van der Waals surface area contributed by atoms with Crippen molar-refractivity contribution < 1.29 is 9.53 Å². The Kier molecular flexibility index (Phi) is 3.05. The summed E-state index contributed by atoms with van der Waals surface area (Å²) in [5.74, 6) is -0.213. The van der Waals surface area contributed by atoms with E-state index in [1.54, 1.807) is 6.92 Å². The normalized spacial score (nSPS) is 30.6. The van der Waals surface area contributed by atoms with Gasteiger partial charge in [-0.1, -0.05) is 0 Å². The van der Waals surface area contributed by atoms with Crippen molar-refractivity contribution in [2.75, 3.05) is 7.11 Å². The summed E-state index contributed by atoms with van der Waals surface area (Å²) in [4.78, 5) is 11.0. The highest BCUT2D eigenvalue weighted by molar-refractivity contribution is 5.75. The minimum absolute atomic E-state index is 0.213. The van der Waals surface area contributed by atoms with E-state index in [2.05, 4.69) is 10.1 Å². The zero-order valence-corrected chi connectivity index (χ0v) is 7.54. The van der Waals surface area contributed by atoms with E-state index in [0.717, 1.165) is 12.8 Å². The fraction of sp³-hybridized carbons (Fsp3) is 0.875. The van der Waals surface area contributed by atoms with Crippen LogP contribution in [0.2, 0.25) is 0 Å². The predicted octanol–water partition coefficient (Wildman–Crippen LogP) is -0.373. The third-order valence-corrected chi connectivity index (χ3v) is 2.21. The molecular weight excluding hydrogens is 156 g/mol. The summed E-state index contributed by atoms with van der Waals surface area (Å²) >= 11 is 0. The highest BCUT2D eigenvalue weighted by Crippen LogP contribution is 2.17. The number of carbonyl (C=O) groups excluding carboxylic acids is 1. The number of rotatable bonds is 3. The number of hydrogen-bond acceptors (Lipinski definition) is 4. The maximum atomic E-state index is 11.0.